The van der Waals surface area contributed by atoms with E-state index in [-0.39, 0.29) is 11.3 Å². The molecule has 4 rings (SSSR count). The molecule has 2 aliphatic rings. The van der Waals surface area contributed by atoms with Crippen LogP contribution in [0.5, 0.6) is 5.75 Å². The lowest BCUT2D eigenvalue weighted by molar-refractivity contribution is -0.124. The van der Waals surface area contributed by atoms with E-state index in [1.54, 1.807) is 6.08 Å². The Kier molecular flexibility index (Phi) is 4.73. The summed E-state index contributed by atoms with van der Waals surface area (Å²) in [7, 11) is 0. The molecule has 29 heavy (non-hydrogen) atoms. The highest BCUT2D eigenvalue weighted by Gasteiger charge is 2.57. The average Bonchev–Trinajstić information content (AvgIpc) is 2.89. The number of benzene rings is 2. The molecular formula is C25H28N2O2. The van der Waals surface area contributed by atoms with Gasteiger partial charge in [0, 0.05) is 24.1 Å². The molecule has 2 aromatic carbocycles. The predicted molar refractivity (Wildman–Crippen MR) is 118 cm³/mol. The van der Waals surface area contributed by atoms with E-state index >= 15 is 0 Å². The van der Waals surface area contributed by atoms with E-state index in [0.717, 1.165) is 11.3 Å². The van der Waals surface area contributed by atoms with E-state index in [4.69, 9.17) is 4.74 Å². The number of nitrogens with one attached hydrogen (secondary N) is 1. The zero-order valence-electron chi connectivity index (χ0n) is 17.4. The van der Waals surface area contributed by atoms with Gasteiger partial charge in [-0.1, -0.05) is 62.4 Å². The van der Waals surface area contributed by atoms with Crippen LogP contribution in [0.2, 0.25) is 0 Å². The molecule has 1 amide bonds. The van der Waals surface area contributed by atoms with Crippen molar-refractivity contribution in [3.05, 3.63) is 77.9 Å². The second-order valence-electron chi connectivity index (χ2n) is 8.37. The van der Waals surface area contributed by atoms with Crippen molar-refractivity contribution in [3.8, 4) is 5.75 Å². The van der Waals surface area contributed by atoms with Crippen molar-refractivity contribution in [1.29, 1.82) is 0 Å². The molecule has 1 fully saturated rings. The molecule has 1 N–H and O–H groups in total. The second-order valence-corrected chi connectivity index (χ2v) is 8.37. The van der Waals surface area contributed by atoms with Gasteiger partial charge in [0.2, 0.25) is 5.91 Å². The van der Waals surface area contributed by atoms with Gasteiger partial charge in [-0.15, -0.1) is 0 Å². The van der Waals surface area contributed by atoms with E-state index in [9.17, 15) is 4.79 Å². The minimum Gasteiger partial charge on any atom is -0.490 e. The Morgan fingerprint density at radius 3 is 2.86 bits per heavy atom. The molecule has 2 aromatic rings. The summed E-state index contributed by atoms with van der Waals surface area (Å²) in [5, 5.41) is 3.32. The van der Waals surface area contributed by atoms with Gasteiger partial charge < -0.3 is 15.0 Å². The van der Waals surface area contributed by atoms with E-state index in [2.05, 4.69) is 67.9 Å². The minimum absolute atomic E-state index is 0.0894. The standard InChI is InChI=1S/C25H28N2O2/c1-5-15-29-20-8-6-7-19(17-20)11-13-25-24(3,4)21-16-18(2)9-10-22(21)27(25)14-12-23(28)26-25/h5-11,13,16-17H,1,12,14-15H2,2-4H3,(H,26,28). The summed E-state index contributed by atoms with van der Waals surface area (Å²) in [6.45, 7) is 11.4. The number of aryl methyl sites for hydroxylation is 1. The van der Waals surface area contributed by atoms with Crippen LogP contribution in [0.25, 0.3) is 6.08 Å². The lowest BCUT2D eigenvalue weighted by Crippen LogP contribution is -2.68. The third-order valence-electron chi connectivity index (χ3n) is 6.13. The van der Waals surface area contributed by atoms with Gasteiger partial charge in [0.1, 0.15) is 18.0 Å². The number of amides is 1. The molecule has 4 nitrogen and oxygen atoms in total. The zero-order chi connectivity index (χ0) is 20.6. The first-order chi connectivity index (χ1) is 13.9. The molecule has 1 saturated heterocycles. The van der Waals surface area contributed by atoms with Crippen LogP contribution in [0.4, 0.5) is 5.69 Å². The number of hydrogen-bond donors (Lipinski definition) is 1. The van der Waals surface area contributed by atoms with Crippen molar-refractivity contribution in [2.75, 3.05) is 18.1 Å². The fourth-order valence-corrected chi connectivity index (χ4v) is 4.55. The third-order valence-corrected chi connectivity index (χ3v) is 6.13. The number of fused-ring (bicyclic) bond motifs is 3. The van der Waals surface area contributed by atoms with Gasteiger partial charge in [-0.3, -0.25) is 4.79 Å². The highest BCUT2D eigenvalue weighted by atomic mass is 16.5. The van der Waals surface area contributed by atoms with Gasteiger partial charge in [0.25, 0.3) is 0 Å². The van der Waals surface area contributed by atoms with Gasteiger partial charge in [-0.05, 0) is 42.3 Å². The quantitative estimate of drug-likeness (QED) is 0.762. The van der Waals surface area contributed by atoms with E-state index in [1.165, 1.54) is 16.8 Å². The number of ether oxygens (including phenoxy) is 1. The molecular weight excluding hydrogens is 360 g/mol. The molecule has 1 atom stereocenters. The van der Waals surface area contributed by atoms with Crippen molar-refractivity contribution in [1.82, 2.24) is 5.32 Å². The van der Waals surface area contributed by atoms with Gasteiger partial charge >= 0.3 is 0 Å². The average molecular weight is 389 g/mol. The molecule has 150 valence electrons. The number of anilines is 1. The van der Waals surface area contributed by atoms with Crippen molar-refractivity contribution >= 4 is 17.7 Å². The fourth-order valence-electron chi connectivity index (χ4n) is 4.55. The van der Waals surface area contributed by atoms with Crippen molar-refractivity contribution in [2.24, 2.45) is 0 Å². The molecule has 4 heteroatoms. The largest absolute Gasteiger partial charge is 0.490 e. The molecule has 0 bridgehead atoms. The molecule has 0 saturated carbocycles. The highest BCUT2D eigenvalue weighted by Crippen LogP contribution is 2.52. The molecule has 0 radical (unpaired) electrons. The fraction of sp³-hybridized carbons (Fsp3) is 0.320. The lowest BCUT2D eigenvalue weighted by atomic mass is 9.74. The summed E-state index contributed by atoms with van der Waals surface area (Å²) in [5.41, 5.74) is 3.85. The second kappa shape index (κ2) is 7.11. The van der Waals surface area contributed by atoms with Crippen LogP contribution in [-0.4, -0.2) is 24.7 Å². The van der Waals surface area contributed by atoms with Crippen LogP contribution in [0.15, 0.2) is 61.2 Å². The Labute approximate surface area is 172 Å². The summed E-state index contributed by atoms with van der Waals surface area (Å²) in [5.74, 6) is 0.894. The molecule has 0 aromatic heterocycles. The first-order valence-electron chi connectivity index (χ1n) is 10.1. The van der Waals surface area contributed by atoms with Crippen LogP contribution in [-0.2, 0) is 10.2 Å². The number of hydrogen-bond acceptors (Lipinski definition) is 3. The van der Waals surface area contributed by atoms with E-state index < -0.39 is 5.66 Å². The van der Waals surface area contributed by atoms with Gasteiger partial charge in [0.05, 0.1) is 0 Å². The Morgan fingerprint density at radius 1 is 1.24 bits per heavy atom. The molecule has 1 unspecified atom stereocenters. The maximum atomic E-state index is 12.5. The lowest BCUT2D eigenvalue weighted by Gasteiger charge is -2.49. The summed E-state index contributed by atoms with van der Waals surface area (Å²) in [6.07, 6.45) is 6.47. The SMILES string of the molecule is C=CCOc1cccc(C=CC23NC(=O)CCN2c2ccc(C)cc2C3(C)C)c1. The summed E-state index contributed by atoms with van der Waals surface area (Å²) >= 11 is 0. The Balaban J connectivity index is 1.76. The Hall–Kier alpha value is -3.01. The van der Waals surface area contributed by atoms with Crippen LogP contribution < -0.4 is 15.0 Å². The number of nitrogens with zero attached hydrogens (tertiary/aromatic N) is 1. The van der Waals surface area contributed by atoms with Gasteiger partial charge in [-0.25, -0.2) is 0 Å². The topological polar surface area (TPSA) is 41.6 Å². The van der Waals surface area contributed by atoms with Crippen LogP contribution in [0.1, 0.15) is 37.0 Å². The molecule has 2 aliphatic heterocycles. The Bertz CT molecular complexity index is 992. The maximum Gasteiger partial charge on any atom is 0.223 e. The third kappa shape index (κ3) is 3.13. The van der Waals surface area contributed by atoms with Crippen molar-refractivity contribution in [3.63, 3.8) is 0 Å². The van der Waals surface area contributed by atoms with E-state index in [0.29, 0.717) is 19.6 Å². The summed E-state index contributed by atoms with van der Waals surface area (Å²) in [4.78, 5) is 14.8. The van der Waals surface area contributed by atoms with Crippen LogP contribution >= 0.6 is 0 Å². The number of rotatable bonds is 5. The zero-order valence-corrected chi connectivity index (χ0v) is 17.4. The molecule has 0 aliphatic carbocycles. The van der Waals surface area contributed by atoms with Crippen LogP contribution in [0, 0.1) is 6.92 Å². The van der Waals surface area contributed by atoms with Gasteiger partial charge in [0.15, 0.2) is 0 Å². The smallest absolute Gasteiger partial charge is 0.223 e. The predicted octanol–water partition coefficient (Wildman–Crippen LogP) is 4.59. The van der Waals surface area contributed by atoms with Crippen molar-refractivity contribution in [2.45, 2.75) is 38.3 Å². The van der Waals surface area contributed by atoms with Crippen molar-refractivity contribution < 1.29 is 9.53 Å². The highest BCUT2D eigenvalue weighted by molar-refractivity contribution is 5.84. The minimum atomic E-state index is -0.601. The monoisotopic (exact) mass is 388 g/mol. The molecule has 0 spiro atoms. The number of carbonyl (C=O) groups is 1. The normalized spacial score (nSPS) is 22.2. The summed E-state index contributed by atoms with van der Waals surface area (Å²) in [6, 6.07) is 14.5. The summed E-state index contributed by atoms with van der Waals surface area (Å²) < 4.78 is 5.66. The first-order valence-corrected chi connectivity index (χ1v) is 10.1. The number of carbonyl (C=O) groups excluding carboxylic acids is 1. The van der Waals surface area contributed by atoms with E-state index in [1.807, 2.05) is 24.3 Å². The first kappa shape index (κ1) is 19.3. The molecule has 2 heterocycles. The Morgan fingerprint density at radius 2 is 2.07 bits per heavy atom. The van der Waals surface area contributed by atoms with Crippen LogP contribution in [0.3, 0.4) is 0 Å². The maximum absolute atomic E-state index is 12.5. The van der Waals surface area contributed by atoms with Gasteiger partial charge in [-0.2, -0.15) is 0 Å².